The quantitative estimate of drug-likeness (QED) is 0.630. The lowest BCUT2D eigenvalue weighted by molar-refractivity contribution is 0.0939. The van der Waals surface area contributed by atoms with Gasteiger partial charge < -0.3 is 5.32 Å². The Balaban J connectivity index is 1.81. The Morgan fingerprint density at radius 2 is 1.53 bits per heavy atom. The number of benzene rings is 3. The lowest BCUT2D eigenvalue weighted by atomic mass is 10.0. The van der Waals surface area contributed by atoms with E-state index in [4.69, 9.17) is 0 Å². The highest BCUT2D eigenvalue weighted by molar-refractivity contribution is 7.92. The predicted octanol–water partition coefficient (Wildman–Crippen LogP) is 4.62. The molecule has 0 spiro atoms. The van der Waals surface area contributed by atoms with E-state index in [1.54, 1.807) is 55.5 Å². The number of sulfonamides is 1. The molecular weight excluding hydrogens is 396 g/mol. The lowest BCUT2D eigenvalue weighted by Gasteiger charge is -2.22. The number of nitrogens with one attached hydrogen (secondary N) is 1. The molecule has 3 aromatic carbocycles. The first-order valence-electron chi connectivity index (χ1n) is 9.73. The molecule has 0 saturated heterocycles. The Hall–Kier alpha value is -3.12. The van der Waals surface area contributed by atoms with E-state index in [0.29, 0.717) is 16.8 Å². The Morgan fingerprint density at radius 3 is 2.17 bits per heavy atom. The van der Waals surface area contributed by atoms with Crippen LogP contribution in [0.5, 0.6) is 0 Å². The average molecular weight is 423 g/mol. The van der Waals surface area contributed by atoms with Crippen LogP contribution in [0.4, 0.5) is 5.69 Å². The Kier molecular flexibility index (Phi) is 6.27. The van der Waals surface area contributed by atoms with Crippen molar-refractivity contribution in [1.82, 2.24) is 5.32 Å². The van der Waals surface area contributed by atoms with E-state index >= 15 is 0 Å². The normalized spacial score (nSPS) is 12.3. The van der Waals surface area contributed by atoms with Crippen molar-refractivity contribution in [3.8, 4) is 0 Å². The summed E-state index contributed by atoms with van der Waals surface area (Å²) in [7, 11) is -2.16. The summed E-state index contributed by atoms with van der Waals surface area (Å²) < 4.78 is 27.0. The van der Waals surface area contributed by atoms with Gasteiger partial charge in [-0.2, -0.15) is 0 Å². The first kappa shape index (κ1) is 21.6. The maximum absolute atomic E-state index is 12.9. The van der Waals surface area contributed by atoms with Crippen LogP contribution in [0.3, 0.4) is 0 Å². The molecule has 30 heavy (non-hydrogen) atoms. The summed E-state index contributed by atoms with van der Waals surface area (Å²) in [6.07, 6.45) is 0. The molecule has 0 radical (unpaired) electrons. The smallest absolute Gasteiger partial charge is 0.264 e. The van der Waals surface area contributed by atoms with Crippen LogP contribution in [0.1, 0.15) is 40.0 Å². The molecule has 1 amide bonds. The summed E-state index contributed by atoms with van der Waals surface area (Å²) in [5, 5.41) is 3.01. The molecule has 1 N–H and O–H groups in total. The van der Waals surface area contributed by atoms with Crippen LogP contribution in [-0.2, 0) is 10.0 Å². The second-order valence-corrected chi connectivity index (χ2v) is 9.31. The van der Waals surface area contributed by atoms with Crippen LogP contribution in [0.15, 0.2) is 77.7 Å². The van der Waals surface area contributed by atoms with Gasteiger partial charge in [0.25, 0.3) is 15.9 Å². The number of rotatable bonds is 6. The molecule has 0 aliphatic carbocycles. The topological polar surface area (TPSA) is 66.5 Å². The van der Waals surface area contributed by atoms with Gasteiger partial charge in [-0.1, -0.05) is 42.5 Å². The van der Waals surface area contributed by atoms with Crippen LogP contribution >= 0.6 is 0 Å². The van der Waals surface area contributed by atoms with Crippen LogP contribution in [0.25, 0.3) is 0 Å². The Bertz CT molecular complexity index is 1160. The maximum atomic E-state index is 12.9. The molecule has 6 heteroatoms. The highest BCUT2D eigenvalue weighted by Gasteiger charge is 2.23. The molecule has 0 saturated carbocycles. The second kappa shape index (κ2) is 8.71. The summed E-state index contributed by atoms with van der Waals surface area (Å²) in [6.45, 7) is 5.76. The average Bonchev–Trinajstić information content (AvgIpc) is 2.74. The van der Waals surface area contributed by atoms with E-state index in [9.17, 15) is 13.2 Å². The summed E-state index contributed by atoms with van der Waals surface area (Å²) in [5.41, 5.74) is 3.90. The third-order valence-corrected chi connectivity index (χ3v) is 6.99. The molecule has 0 aliphatic rings. The van der Waals surface area contributed by atoms with Crippen LogP contribution < -0.4 is 9.62 Å². The van der Waals surface area contributed by atoms with Crippen molar-refractivity contribution in [1.29, 1.82) is 0 Å². The molecule has 156 valence electrons. The largest absolute Gasteiger partial charge is 0.346 e. The standard InChI is InChI=1S/C24H26N2O3S/c1-17-10-8-9-13-22(17)19(3)25-24(27)20-14-15-23(18(2)16-20)26(4)30(28,29)21-11-6-5-7-12-21/h5-16,19H,1-4H3,(H,25,27). The van der Waals surface area contributed by atoms with Crippen LogP contribution in [0, 0.1) is 13.8 Å². The zero-order valence-electron chi connectivity index (χ0n) is 17.6. The van der Waals surface area contributed by atoms with Gasteiger partial charge in [0, 0.05) is 12.6 Å². The molecule has 1 unspecified atom stereocenters. The van der Waals surface area contributed by atoms with Gasteiger partial charge in [-0.15, -0.1) is 0 Å². The molecule has 0 bridgehead atoms. The third-order valence-electron chi connectivity index (χ3n) is 5.20. The van der Waals surface area contributed by atoms with Crippen molar-refractivity contribution < 1.29 is 13.2 Å². The van der Waals surface area contributed by atoms with E-state index in [2.05, 4.69) is 5.32 Å². The van der Waals surface area contributed by atoms with Gasteiger partial charge in [-0.25, -0.2) is 8.42 Å². The van der Waals surface area contributed by atoms with Crippen molar-refractivity contribution in [2.75, 3.05) is 11.4 Å². The van der Waals surface area contributed by atoms with Gasteiger partial charge >= 0.3 is 0 Å². The molecule has 0 aliphatic heterocycles. The molecule has 0 fully saturated rings. The number of nitrogens with zero attached hydrogens (tertiary/aromatic N) is 1. The van der Waals surface area contributed by atoms with Crippen molar-refractivity contribution in [2.45, 2.75) is 31.7 Å². The first-order chi connectivity index (χ1) is 14.2. The highest BCUT2D eigenvalue weighted by atomic mass is 32.2. The number of hydrogen-bond donors (Lipinski definition) is 1. The second-order valence-electron chi connectivity index (χ2n) is 7.34. The van der Waals surface area contributed by atoms with Crippen molar-refractivity contribution in [3.05, 3.63) is 95.1 Å². The highest BCUT2D eigenvalue weighted by Crippen LogP contribution is 2.26. The summed E-state index contributed by atoms with van der Waals surface area (Å²) in [5.74, 6) is -0.200. The fourth-order valence-corrected chi connectivity index (χ4v) is 4.74. The molecule has 0 aromatic heterocycles. The molecular formula is C24H26N2O3S. The summed E-state index contributed by atoms with van der Waals surface area (Å²) >= 11 is 0. The minimum atomic E-state index is -3.67. The summed E-state index contributed by atoms with van der Waals surface area (Å²) in [4.78, 5) is 13.0. The van der Waals surface area contributed by atoms with Crippen molar-refractivity contribution in [2.24, 2.45) is 0 Å². The van der Waals surface area contributed by atoms with E-state index in [-0.39, 0.29) is 16.8 Å². The monoisotopic (exact) mass is 422 g/mol. The number of carbonyl (C=O) groups is 1. The van der Waals surface area contributed by atoms with Crippen LogP contribution in [0.2, 0.25) is 0 Å². The minimum Gasteiger partial charge on any atom is -0.346 e. The zero-order valence-corrected chi connectivity index (χ0v) is 18.4. The minimum absolute atomic E-state index is 0.139. The van der Waals surface area contributed by atoms with Crippen LogP contribution in [-0.4, -0.2) is 21.4 Å². The molecule has 5 nitrogen and oxygen atoms in total. The number of aryl methyl sites for hydroxylation is 2. The predicted molar refractivity (Wildman–Crippen MR) is 120 cm³/mol. The lowest BCUT2D eigenvalue weighted by Crippen LogP contribution is -2.28. The fraction of sp³-hybridized carbons (Fsp3) is 0.208. The summed E-state index contributed by atoms with van der Waals surface area (Å²) in [6, 6.07) is 21.1. The molecule has 3 rings (SSSR count). The number of carbonyl (C=O) groups excluding carboxylic acids is 1. The molecule has 0 heterocycles. The third kappa shape index (κ3) is 4.39. The fourth-order valence-electron chi connectivity index (χ4n) is 3.46. The zero-order chi connectivity index (χ0) is 21.9. The maximum Gasteiger partial charge on any atom is 0.264 e. The van der Waals surface area contributed by atoms with E-state index < -0.39 is 10.0 Å². The van der Waals surface area contributed by atoms with Gasteiger partial charge in [0.1, 0.15) is 0 Å². The van der Waals surface area contributed by atoms with E-state index in [0.717, 1.165) is 11.1 Å². The van der Waals surface area contributed by atoms with E-state index in [1.807, 2.05) is 38.1 Å². The van der Waals surface area contributed by atoms with Crippen molar-refractivity contribution >= 4 is 21.6 Å². The van der Waals surface area contributed by atoms with Gasteiger partial charge in [-0.3, -0.25) is 9.10 Å². The SMILES string of the molecule is Cc1ccccc1C(C)NC(=O)c1ccc(N(C)S(=O)(=O)c2ccccc2)c(C)c1. The number of hydrogen-bond acceptors (Lipinski definition) is 3. The van der Waals surface area contributed by atoms with Gasteiger partial charge in [-0.05, 0) is 67.8 Å². The molecule has 3 aromatic rings. The number of anilines is 1. The molecule has 1 atom stereocenters. The Labute approximate surface area is 178 Å². The van der Waals surface area contributed by atoms with Gasteiger partial charge in [0.05, 0.1) is 16.6 Å². The first-order valence-corrected chi connectivity index (χ1v) is 11.2. The Morgan fingerprint density at radius 1 is 0.900 bits per heavy atom. The van der Waals surface area contributed by atoms with E-state index in [1.165, 1.54) is 11.4 Å². The number of amides is 1. The van der Waals surface area contributed by atoms with Gasteiger partial charge in [0.2, 0.25) is 0 Å². The van der Waals surface area contributed by atoms with Crippen molar-refractivity contribution in [3.63, 3.8) is 0 Å². The van der Waals surface area contributed by atoms with Gasteiger partial charge in [0.15, 0.2) is 0 Å².